The van der Waals surface area contributed by atoms with Crippen molar-refractivity contribution in [3.63, 3.8) is 0 Å². The Balaban J connectivity index is 3.27. The predicted molar refractivity (Wildman–Crippen MR) is 56.3 cm³/mol. The monoisotopic (exact) mass is 193 g/mol. The van der Waals surface area contributed by atoms with Crippen LogP contribution >= 0.6 is 0 Å². The van der Waals surface area contributed by atoms with Crippen molar-refractivity contribution >= 4 is 5.90 Å². The number of methoxy groups -OCH3 is 2. The van der Waals surface area contributed by atoms with Gasteiger partial charge in [-0.2, -0.15) is 0 Å². The molecule has 1 aromatic carbocycles. The Morgan fingerprint density at radius 3 is 2.21 bits per heavy atom. The molecule has 0 aliphatic carbocycles. The first-order chi connectivity index (χ1) is 6.60. The van der Waals surface area contributed by atoms with Crippen LogP contribution in [0.4, 0.5) is 0 Å². The van der Waals surface area contributed by atoms with Gasteiger partial charge in [-0.05, 0) is 37.1 Å². The lowest BCUT2D eigenvalue weighted by Crippen LogP contribution is -2.05. The second-order valence-corrected chi connectivity index (χ2v) is 3.17. The third-order valence-electron chi connectivity index (χ3n) is 2.26. The minimum Gasteiger partial charge on any atom is -0.496 e. The van der Waals surface area contributed by atoms with Crippen molar-refractivity contribution in [3.05, 3.63) is 28.8 Å². The molecule has 0 heterocycles. The highest BCUT2D eigenvalue weighted by Crippen LogP contribution is 2.23. The van der Waals surface area contributed by atoms with Crippen LogP contribution in [0, 0.1) is 19.3 Å². The molecular weight excluding hydrogens is 178 g/mol. The zero-order valence-electron chi connectivity index (χ0n) is 8.97. The number of hydrogen-bond donors (Lipinski definition) is 1. The lowest BCUT2D eigenvalue weighted by Gasteiger charge is -2.11. The molecule has 0 fully saturated rings. The standard InChI is InChI=1S/C11H15NO2/c1-7-5-9(11(12)14-4)10(13-3)6-8(7)2/h5-6,12H,1-4H3. The first-order valence-electron chi connectivity index (χ1n) is 4.38. The van der Waals surface area contributed by atoms with Gasteiger partial charge in [0.15, 0.2) is 0 Å². The van der Waals surface area contributed by atoms with Gasteiger partial charge in [0, 0.05) is 0 Å². The number of ether oxygens (including phenoxy) is 2. The largest absolute Gasteiger partial charge is 0.496 e. The fraction of sp³-hybridized carbons (Fsp3) is 0.364. The second-order valence-electron chi connectivity index (χ2n) is 3.17. The zero-order chi connectivity index (χ0) is 10.7. The van der Waals surface area contributed by atoms with Crippen LogP contribution in [0.15, 0.2) is 12.1 Å². The maximum atomic E-state index is 7.59. The van der Waals surface area contributed by atoms with Crippen molar-refractivity contribution in [3.8, 4) is 5.75 Å². The van der Waals surface area contributed by atoms with Crippen molar-refractivity contribution in [1.29, 1.82) is 5.41 Å². The molecule has 0 saturated carbocycles. The number of hydrogen-bond acceptors (Lipinski definition) is 3. The molecule has 3 heteroatoms. The minimum absolute atomic E-state index is 0.130. The summed E-state index contributed by atoms with van der Waals surface area (Å²) >= 11 is 0. The van der Waals surface area contributed by atoms with Gasteiger partial charge in [-0.3, -0.25) is 5.41 Å². The molecule has 3 nitrogen and oxygen atoms in total. The Morgan fingerprint density at radius 2 is 1.71 bits per heavy atom. The van der Waals surface area contributed by atoms with Gasteiger partial charge in [-0.15, -0.1) is 0 Å². The summed E-state index contributed by atoms with van der Waals surface area (Å²) in [6.45, 7) is 4.01. The number of aryl methyl sites for hydroxylation is 2. The summed E-state index contributed by atoms with van der Waals surface area (Å²) in [5, 5.41) is 7.59. The van der Waals surface area contributed by atoms with Crippen LogP contribution in [0.5, 0.6) is 5.75 Å². The summed E-state index contributed by atoms with van der Waals surface area (Å²) in [5.41, 5.74) is 2.97. The number of benzene rings is 1. The quantitative estimate of drug-likeness (QED) is 0.578. The third-order valence-corrected chi connectivity index (χ3v) is 2.26. The van der Waals surface area contributed by atoms with Gasteiger partial charge in [-0.25, -0.2) is 0 Å². The van der Waals surface area contributed by atoms with Crippen molar-refractivity contribution in [2.75, 3.05) is 14.2 Å². The molecule has 0 bridgehead atoms. The maximum absolute atomic E-state index is 7.59. The molecule has 0 unspecified atom stereocenters. The Labute approximate surface area is 84.2 Å². The van der Waals surface area contributed by atoms with Gasteiger partial charge in [-0.1, -0.05) is 0 Å². The van der Waals surface area contributed by atoms with Gasteiger partial charge in [0.25, 0.3) is 0 Å². The molecule has 0 amide bonds. The van der Waals surface area contributed by atoms with E-state index in [9.17, 15) is 0 Å². The molecule has 0 saturated heterocycles. The van der Waals surface area contributed by atoms with Crippen LogP contribution in [0.2, 0.25) is 0 Å². The van der Waals surface area contributed by atoms with E-state index in [0.717, 1.165) is 11.1 Å². The molecule has 1 N–H and O–H groups in total. The third kappa shape index (κ3) is 1.87. The van der Waals surface area contributed by atoms with Crippen molar-refractivity contribution in [2.24, 2.45) is 0 Å². The van der Waals surface area contributed by atoms with Gasteiger partial charge >= 0.3 is 0 Å². The van der Waals surface area contributed by atoms with Gasteiger partial charge in [0.05, 0.1) is 19.8 Å². The Morgan fingerprint density at radius 1 is 1.14 bits per heavy atom. The van der Waals surface area contributed by atoms with E-state index >= 15 is 0 Å². The van der Waals surface area contributed by atoms with E-state index in [1.165, 1.54) is 7.11 Å². The van der Waals surface area contributed by atoms with Gasteiger partial charge in [0.1, 0.15) is 5.75 Å². The fourth-order valence-electron chi connectivity index (χ4n) is 1.25. The summed E-state index contributed by atoms with van der Waals surface area (Å²) in [7, 11) is 3.08. The average molecular weight is 193 g/mol. The Hall–Kier alpha value is -1.51. The van der Waals surface area contributed by atoms with Crippen LogP contribution in [-0.2, 0) is 4.74 Å². The van der Waals surface area contributed by atoms with Crippen molar-refractivity contribution < 1.29 is 9.47 Å². The van der Waals surface area contributed by atoms with Gasteiger partial charge in [0.2, 0.25) is 5.90 Å². The zero-order valence-corrected chi connectivity index (χ0v) is 8.97. The molecule has 1 rings (SSSR count). The van der Waals surface area contributed by atoms with Crippen molar-refractivity contribution in [1.82, 2.24) is 0 Å². The topological polar surface area (TPSA) is 42.3 Å². The summed E-state index contributed by atoms with van der Waals surface area (Å²) in [5.74, 6) is 0.810. The van der Waals surface area contributed by atoms with Gasteiger partial charge < -0.3 is 9.47 Å². The summed E-state index contributed by atoms with van der Waals surface area (Å²) in [6.07, 6.45) is 0. The van der Waals surface area contributed by atoms with E-state index in [-0.39, 0.29) is 5.90 Å². The second kappa shape index (κ2) is 4.13. The Bertz CT molecular complexity index is 359. The average Bonchev–Trinajstić information content (AvgIpc) is 2.20. The first kappa shape index (κ1) is 10.6. The minimum atomic E-state index is 0.130. The lowest BCUT2D eigenvalue weighted by molar-refractivity contribution is 0.387. The fourth-order valence-corrected chi connectivity index (χ4v) is 1.25. The summed E-state index contributed by atoms with van der Waals surface area (Å²) < 4.78 is 10.1. The maximum Gasteiger partial charge on any atom is 0.216 e. The normalized spacial score (nSPS) is 9.71. The van der Waals surface area contributed by atoms with Crippen LogP contribution in [0.1, 0.15) is 16.7 Å². The highest BCUT2D eigenvalue weighted by atomic mass is 16.5. The molecule has 14 heavy (non-hydrogen) atoms. The SMILES string of the molecule is COC(=N)c1cc(C)c(C)cc1OC. The van der Waals surface area contributed by atoms with E-state index in [2.05, 4.69) is 0 Å². The Kier molecular flexibility index (Phi) is 3.12. The van der Waals surface area contributed by atoms with Crippen LogP contribution in [-0.4, -0.2) is 20.1 Å². The molecule has 1 aromatic rings. The highest BCUT2D eigenvalue weighted by Gasteiger charge is 2.10. The van der Waals surface area contributed by atoms with E-state index in [4.69, 9.17) is 14.9 Å². The predicted octanol–water partition coefficient (Wildman–Crippen LogP) is 2.28. The molecule has 0 aliphatic heterocycles. The molecular formula is C11H15NO2. The molecule has 0 aliphatic rings. The van der Waals surface area contributed by atoms with Crippen LogP contribution in [0.3, 0.4) is 0 Å². The smallest absolute Gasteiger partial charge is 0.216 e. The summed E-state index contributed by atoms with van der Waals surface area (Å²) in [4.78, 5) is 0. The molecule has 0 atom stereocenters. The molecule has 0 aromatic heterocycles. The molecule has 76 valence electrons. The number of nitrogens with one attached hydrogen (secondary N) is 1. The van der Waals surface area contributed by atoms with E-state index in [1.54, 1.807) is 7.11 Å². The first-order valence-corrected chi connectivity index (χ1v) is 4.38. The van der Waals surface area contributed by atoms with Crippen molar-refractivity contribution in [2.45, 2.75) is 13.8 Å². The highest BCUT2D eigenvalue weighted by molar-refractivity contribution is 5.94. The van der Waals surface area contributed by atoms with Crippen LogP contribution in [0.25, 0.3) is 0 Å². The molecule has 0 radical (unpaired) electrons. The van der Waals surface area contributed by atoms with E-state index in [1.807, 2.05) is 26.0 Å². The molecule has 0 spiro atoms. The van der Waals surface area contributed by atoms with E-state index < -0.39 is 0 Å². The van der Waals surface area contributed by atoms with Crippen LogP contribution < -0.4 is 4.74 Å². The number of rotatable bonds is 2. The van der Waals surface area contributed by atoms with E-state index in [0.29, 0.717) is 11.3 Å². The summed E-state index contributed by atoms with van der Waals surface area (Å²) in [6, 6.07) is 3.82. The lowest BCUT2D eigenvalue weighted by atomic mass is 10.0.